The second-order valence-electron chi connectivity index (χ2n) is 5.60. The summed E-state index contributed by atoms with van der Waals surface area (Å²) in [5.74, 6) is 1.40. The molecule has 18 heavy (non-hydrogen) atoms. The number of hydrogen-bond donors (Lipinski definition) is 2. The average Bonchev–Trinajstić information content (AvgIpc) is 3.29. The van der Waals surface area contributed by atoms with E-state index in [1.165, 1.54) is 25.7 Å². The normalized spacial score (nSPS) is 20.8. The fourth-order valence-electron chi connectivity index (χ4n) is 2.60. The lowest BCUT2D eigenvalue weighted by Crippen LogP contribution is -2.43. The molecule has 2 fully saturated rings. The molecule has 0 saturated heterocycles. The van der Waals surface area contributed by atoms with Crippen LogP contribution in [0.2, 0.25) is 0 Å². The Hall–Kier alpha value is -1.35. The largest absolute Gasteiger partial charge is 0.351 e. The minimum absolute atomic E-state index is 0.0231. The van der Waals surface area contributed by atoms with Crippen molar-refractivity contribution in [3.8, 4) is 0 Å². The zero-order valence-electron chi connectivity index (χ0n) is 10.5. The molecule has 1 atom stereocenters. The van der Waals surface area contributed by atoms with E-state index >= 15 is 0 Å². The van der Waals surface area contributed by atoms with Gasteiger partial charge in [0.2, 0.25) is 5.91 Å². The quantitative estimate of drug-likeness (QED) is 0.832. The first-order chi connectivity index (χ1) is 8.75. The van der Waals surface area contributed by atoms with Crippen LogP contribution in [0.3, 0.4) is 0 Å². The van der Waals surface area contributed by atoms with E-state index in [1.807, 2.05) is 30.3 Å². The number of nitrogens with two attached hydrogens (primary N) is 1. The Morgan fingerprint density at radius 1 is 1.11 bits per heavy atom. The van der Waals surface area contributed by atoms with Crippen molar-refractivity contribution in [2.45, 2.75) is 37.8 Å². The Kier molecular flexibility index (Phi) is 3.08. The molecule has 1 amide bonds. The van der Waals surface area contributed by atoms with Crippen molar-refractivity contribution in [1.82, 2.24) is 5.32 Å². The second-order valence-corrected chi connectivity index (χ2v) is 5.60. The van der Waals surface area contributed by atoms with E-state index in [2.05, 4.69) is 5.32 Å². The van der Waals surface area contributed by atoms with Crippen LogP contribution in [0.15, 0.2) is 30.3 Å². The summed E-state index contributed by atoms with van der Waals surface area (Å²) < 4.78 is 0. The van der Waals surface area contributed by atoms with Gasteiger partial charge in [-0.25, -0.2) is 0 Å². The number of carbonyl (C=O) groups is 1. The summed E-state index contributed by atoms with van der Waals surface area (Å²) in [6.45, 7) is 0. The number of rotatable bonds is 5. The SMILES string of the molecule is N[C@H](C(=O)NC(C1CC1)C1CC1)c1ccccc1. The standard InChI is InChI=1S/C15H20N2O/c16-13(10-4-2-1-3-5-10)15(18)17-14(11-6-7-11)12-8-9-12/h1-5,11-14H,6-9,16H2,(H,17,18)/t13-/m0/s1. The van der Waals surface area contributed by atoms with Crippen molar-refractivity contribution in [2.75, 3.05) is 0 Å². The fraction of sp³-hybridized carbons (Fsp3) is 0.533. The van der Waals surface area contributed by atoms with Crippen LogP contribution in [-0.4, -0.2) is 11.9 Å². The smallest absolute Gasteiger partial charge is 0.241 e. The van der Waals surface area contributed by atoms with Crippen LogP contribution in [0.1, 0.15) is 37.3 Å². The second kappa shape index (κ2) is 4.73. The molecular weight excluding hydrogens is 224 g/mol. The molecule has 3 N–H and O–H groups in total. The van der Waals surface area contributed by atoms with Crippen molar-refractivity contribution < 1.29 is 4.79 Å². The number of benzene rings is 1. The van der Waals surface area contributed by atoms with Crippen LogP contribution < -0.4 is 11.1 Å². The third-order valence-corrected chi connectivity index (χ3v) is 4.01. The highest BCUT2D eigenvalue weighted by molar-refractivity contribution is 5.83. The highest BCUT2D eigenvalue weighted by Crippen LogP contribution is 2.44. The van der Waals surface area contributed by atoms with Crippen LogP contribution in [-0.2, 0) is 4.79 Å². The highest BCUT2D eigenvalue weighted by Gasteiger charge is 2.42. The van der Waals surface area contributed by atoms with Gasteiger partial charge in [-0.05, 0) is 43.1 Å². The van der Waals surface area contributed by atoms with Gasteiger partial charge in [0.05, 0.1) is 0 Å². The molecule has 3 heteroatoms. The van der Waals surface area contributed by atoms with E-state index < -0.39 is 6.04 Å². The zero-order valence-corrected chi connectivity index (χ0v) is 10.5. The van der Waals surface area contributed by atoms with Gasteiger partial charge in [0.1, 0.15) is 6.04 Å². The number of hydrogen-bond acceptors (Lipinski definition) is 2. The maximum Gasteiger partial charge on any atom is 0.241 e. The van der Waals surface area contributed by atoms with Gasteiger partial charge in [-0.1, -0.05) is 30.3 Å². The summed E-state index contributed by atoms with van der Waals surface area (Å²) in [6, 6.07) is 9.44. The molecule has 1 aromatic rings. The van der Waals surface area contributed by atoms with E-state index in [-0.39, 0.29) is 5.91 Å². The minimum Gasteiger partial charge on any atom is -0.351 e. The lowest BCUT2D eigenvalue weighted by molar-refractivity contribution is -0.123. The Balaban J connectivity index is 1.63. The van der Waals surface area contributed by atoms with Gasteiger partial charge in [-0.2, -0.15) is 0 Å². The molecule has 0 aromatic heterocycles. The third kappa shape index (κ3) is 2.56. The Bertz CT molecular complexity index is 411. The van der Waals surface area contributed by atoms with Gasteiger partial charge in [-0.15, -0.1) is 0 Å². The monoisotopic (exact) mass is 244 g/mol. The van der Waals surface area contributed by atoms with E-state index in [4.69, 9.17) is 5.73 Å². The number of carbonyl (C=O) groups excluding carboxylic acids is 1. The third-order valence-electron chi connectivity index (χ3n) is 4.01. The molecule has 96 valence electrons. The molecule has 0 spiro atoms. The fourth-order valence-corrected chi connectivity index (χ4v) is 2.60. The van der Waals surface area contributed by atoms with Crippen LogP contribution in [0, 0.1) is 11.8 Å². The van der Waals surface area contributed by atoms with Crippen molar-refractivity contribution >= 4 is 5.91 Å². The van der Waals surface area contributed by atoms with E-state index in [0.717, 1.165) is 5.56 Å². The lowest BCUT2D eigenvalue weighted by Gasteiger charge is -2.20. The summed E-state index contributed by atoms with van der Waals surface area (Å²) in [5.41, 5.74) is 6.91. The predicted octanol–water partition coefficient (Wildman–Crippen LogP) is 1.99. The van der Waals surface area contributed by atoms with Crippen molar-refractivity contribution in [1.29, 1.82) is 0 Å². The zero-order chi connectivity index (χ0) is 12.5. The molecule has 0 radical (unpaired) electrons. The topological polar surface area (TPSA) is 55.1 Å². The maximum absolute atomic E-state index is 12.2. The Labute approximate surface area is 108 Å². The molecule has 0 unspecified atom stereocenters. The minimum atomic E-state index is -0.536. The molecule has 0 aliphatic heterocycles. The lowest BCUT2D eigenvalue weighted by atomic mass is 10.0. The predicted molar refractivity (Wildman–Crippen MR) is 70.7 cm³/mol. The van der Waals surface area contributed by atoms with Gasteiger partial charge in [0.25, 0.3) is 0 Å². The molecule has 2 saturated carbocycles. The van der Waals surface area contributed by atoms with Crippen LogP contribution in [0.25, 0.3) is 0 Å². The molecule has 2 aliphatic carbocycles. The molecule has 2 aliphatic rings. The summed E-state index contributed by atoms with van der Waals surface area (Å²) in [7, 11) is 0. The summed E-state index contributed by atoms with van der Waals surface area (Å²) >= 11 is 0. The highest BCUT2D eigenvalue weighted by atomic mass is 16.2. The van der Waals surface area contributed by atoms with Gasteiger partial charge < -0.3 is 11.1 Å². The van der Waals surface area contributed by atoms with E-state index in [0.29, 0.717) is 17.9 Å². The molecule has 1 aromatic carbocycles. The average molecular weight is 244 g/mol. The Morgan fingerprint density at radius 2 is 1.67 bits per heavy atom. The Morgan fingerprint density at radius 3 is 2.17 bits per heavy atom. The maximum atomic E-state index is 12.2. The molecule has 0 bridgehead atoms. The number of amides is 1. The molecule has 3 rings (SSSR count). The number of nitrogens with one attached hydrogen (secondary N) is 1. The van der Waals surface area contributed by atoms with Gasteiger partial charge >= 0.3 is 0 Å². The summed E-state index contributed by atoms with van der Waals surface area (Å²) in [6.07, 6.45) is 5.06. The first-order valence-electron chi connectivity index (χ1n) is 6.86. The first-order valence-corrected chi connectivity index (χ1v) is 6.86. The van der Waals surface area contributed by atoms with Crippen LogP contribution in [0.4, 0.5) is 0 Å². The summed E-state index contributed by atoms with van der Waals surface area (Å²) in [5, 5.41) is 3.18. The van der Waals surface area contributed by atoms with Crippen molar-refractivity contribution in [3.05, 3.63) is 35.9 Å². The van der Waals surface area contributed by atoms with Crippen LogP contribution >= 0.6 is 0 Å². The van der Waals surface area contributed by atoms with Crippen molar-refractivity contribution in [3.63, 3.8) is 0 Å². The molecule has 3 nitrogen and oxygen atoms in total. The van der Waals surface area contributed by atoms with E-state index in [9.17, 15) is 4.79 Å². The van der Waals surface area contributed by atoms with Gasteiger partial charge in [-0.3, -0.25) is 4.79 Å². The first kappa shape index (κ1) is 11.7. The molecule has 0 heterocycles. The summed E-state index contributed by atoms with van der Waals surface area (Å²) in [4.78, 5) is 12.2. The van der Waals surface area contributed by atoms with E-state index in [1.54, 1.807) is 0 Å². The molecular formula is C15H20N2O. The van der Waals surface area contributed by atoms with Gasteiger partial charge in [0, 0.05) is 6.04 Å². The van der Waals surface area contributed by atoms with Crippen molar-refractivity contribution in [2.24, 2.45) is 17.6 Å². The van der Waals surface area contributed by atoms with Crippen LogP contribution in [0.5, 0.6) is 0 Å². The van der Waals surface area contributed by atoms with Gasteiger partial charge in [0.15, 0.2) is 0 Å².